The first kappa shape index (κ1) is 31.1. The van der Waals surface area contributed by atoms with E-state index in [4.69, 9.17) is 4.74 Å². The molecule has 0 fully saturated rings. The van der Waals surface area contributed by atoms with E-state index in [1.54, 1.807) is 29.2 Å². The summed E-state index contributed by atoms with van der Waals surface area (Å²) in [5, 5.41) is 3.00. The Balaban J connectivity index is 2.17. The molecule has 0 saturated carbocycles. The van der Waals surface area contributed by atoms with Crippen molar-refractivity contribution in [3.8, 4) is 5.75 Å². The number of hydrogen-bond donors (Lipinski definition) is 1. The summed E-state index contributed by atoms with van der Waals surface area (Å²) < 4.78 is 31.8. The van der Waals surface area contributed by atoms with Crippen molar-refractivity contribution in [3.05, 3.63) is 60.2 Å². The highest BCUT2D eigenvalue weighted by Crippen LogP contribution is 2.22. The minimum Gasteiger partial charge on any atom is -0.494 e. The topological polar surface area (TPSA) is 96.0 Å². The standard InChI is InChI=1S/C29H43N3O5S/c1-7-26(28(34)30-29(3,4)5)31(22-20-23-13-10-9-11-14-23)27(33)15-12-21-32(38(6,35)36)24-16-18-25(19-17-24)37-8-2/h9-11,13-14,16-19,26H,7-8,12,15,20-22H2,1-6H3,(H,30,34)/t26-/m0/s1. The maximum Gasteiger partial charge on any atom is 0.243 e. The number of benzene rings is 2. The third kappa shape index (κ3) is 10.0. The zero-order chi connectivity index (χ0) is 28.3. The van der Waals surface area contributed by atoms with E-state index in [1.807, 2.05) is 65.0 Å². The summed E-state index contributed by atoms with van der Waals surface area (Å²) >= 11 is 0. The molecule has 210 valence electrons. The van der Waals surface area contributed by atoms with Crippen molar-refractivity contribution in [2.45, 2.75) is 71.9 Å². The van der Waals surface area contributed by atoms with E-state index in [0.29, 0.717) is 43.9 Å². The van der Waals surface area contributed by atoms with Crippen LogP contribution in [-0.2, 0) is 26.0 Å². The highest BCUT2D eigenvalue weighted by Gasteiger charge is 2.30. The minimum atomic E-state index is -3.56. The van der Waals surface area contributed by atoms with Crippen molar-refractivity contribution in [2.24, 2.45) is 0 Å². The summed E-state index contributed by atoms with van der Waals surface area (Å²) in [6, 6.07) is 16.1. The van der Waals surface area contributed by atoms with Crippen LogP contribution in [0.25, 0.3) is 0 Å². The third-order valence-corrected chi connectivity index (χ3v) is 7.15. The molecule has 0 radical (unpaired) electrons. The van der Waals surface area contributed by atoms with Gasteiger partial charge in [0.25, 0.3) is 0 Å². The van der Waals surface area contributed by atoms with Crippen LogP contribution < -0.4 is 14.4 Å². The van der Waals surface area contributed by atoms with Gasteiger partial charge in [-0.15, -0.1) is 0 Å². The van der Waals surface area contributed by atoms with Crippen LogP contribution in [0.5, 0.6) is 5.75 Å². The summed E-state index contributed by atoms with van der Waals surface area (Å²) in [4.78, 5) is 28.2. The van der Waals surface area contributed by atoms with Gasteiger partial charge in [0.1, 0.15) is 11.8 Å². The molecule has 2 aromatic rings. The molecule has 0 unspecified atom stereocenters. The van der Waals surface area contributed by atoms with Gasteiger partial charge < -0.3 is 15.0 Å². The average Bonchev–Trinajstić information content (AvgIpc) is 2.84. The molecule has 8 nitrogen and oxygen atoms in total. The van der Waals surface area contributed by atoms with Crippen LogP contribution in [0.3, 0.4) is 0 Å². The number of anilines is 1. The molecule has 0 aromatic heterocycles. The Hall–Kier alpha value is -3.07. The SMILES string of the molecule is CCOc1ccc(N(CCCC(=O)N(CCc2ccccc2)[C@@H](CC)C(=O)NC(C)(C)C)S(C)(=O)=O)cc1. The van der Waals surface area contributed by atoms with Crippen LogP contribution in [0, 0.1) is 0 Å². The van der Waals surface area contributed by atoms with Crippen molar-refractivity contribution in [1.29, 1.82) is 0 Å². The van der Waals surface area contributed by atoms with Gasteiger partial charge in [-0.25, -0.2) is 8.42 Å². The first-order chi connectivity index (χ1) is 17.9. The number of rotatable bonds is 14. The van der Waals surface area contributed by atoms with Crippen LogP contribution in [0.15, 0.2) is 54.6 Å². The van der Waals surface area contributed by atoms with Gasteiger partial charge in [-0.05, 0) is 76.8 Å². The molecule has 0 aliphatic heterocycles. The van der Waals surface area contributed by atoms with Crippen LogP contribution in [0.2, 0.25) is 0 Å². The fourth-order valence-corrected chi connectivity index (χ4v) is 5.19. The first-order valence-corrected chi connectivity index (χ1v) is 15.1. The summed E-state index contributed by atoms with van der Waals surface area (Å²) in [5.41, 5.74) is 1.17. The molecule has 1 N–H and O–H groups in total. The van der Waals surface area contributed by atoms with Crippen LogP contribution in [0.1, 0.15) is 59.4 Å². The highest BCUT2D eigenvalue weighted by atomic mass is 32.2. The zero-order valence-corrected chi connectivity index (χ0v) is 24.4. The lowest BCUT2D eigenvalue weighted by atomic mass is 10.0. The Labute approximate surface area is 228 Å². The second kappa shape index (κ2) is 14.2. The summed E-state index contributed by atoms with van der Waals surface area (Å²) in [5.74, 6) is 0.304. The van der Waals surface area contributed by atoms with Crippen LogP contribution in [0.4, 0.5) is 5.69 Å². The molecule has 2 aromatic carbocycles. The van der Waals surface area contributed by atoms with Gasteiger partial charge >= 0.3 is 0 Å². The van der Waals surface area contributed by atoms with E-state index < -0.39 is 21.6 Å². The Morgan fingerprint density at radius 1 is 0.974 bits per heavy atom. The van der Waals surface area contributed by atoms with Gasteiger partial charge in [0.05, 0.1) is 18.6 Å². The lowest BCUT2D eigenvalue weighted by molar-refractivity contribution is -0.141. The number of carbonyl (C=O) groups excluding carboxylic acids is 2. The number of nitrogens with one attached hydrogen (secondary N) is 1. The molecule has 2 amide bonds. The number of amides is 2. The largest absolute Gasteiger partial charge is 0.494 e. The van der Waals surface area contributed by atoms with E-state index >= 15 is 0 Å². The fraction of sp³-hybridized carbons (Fsp3) is 0.517. The summed E-state index contributed by atoms with van der Waals surface area (Å²) in [6.07, 6.45) is 2.69. The molecule has 38 heavy (non-hydrogen) atoms. The van der Waals surface area contributed by atoms with Crippen molar-refractivity contribution in [2.75, 3.05) is 30.3 Å². The Kier molecular flexibility index (Phi) is 11.6. The van der Waals surface area contributed by atoms with Gasteiger partial charge in [0.15, 0.2) is 0 Å². The van der Waals surface area contributed by atoms with E-state index in [-0.39, 0.29) is 24.8 Å². The summed E-state index contributed by atoms with van der Waals surface area (Å²) in [7, 11) is -3.56. The number of carbonyl (C=O) groups is 2. The lowest BCUT2D eigenvalue weighted by Gasteiger charge is -2.33. The molecule has 1 atom stereocenters. The second-order valence-corrected chi connectivity index (χ2v) is 12.3. The predicted octanol–water partition coefficient (Wildman–Crippen LogP) is 4.40. The molecule has 0 heterocycles. The van der Waals surface area contributed by atoms with Crippen molar-refractivity contribution in [3.63, 3.8) is 0 Å². The first-order valence-electron chi connectivity index (χ1n) is 13.2. The molecule has 2 rings (SSSR count). The van der Waals surface area contributed by atoms with E-state index in [1.165, 1.54) is 4.31 Å². The molecule has 0 aliphatic carbocycles. The maximum atomic E-state index is 13.5. The normalized spacial score (nSPS) is 12.5. The zero-order valence-electron chi connectivity index (χ0n) is 23.6. The van der Waals surface area contributed by atoms with Gasteiger partial charge in [0, 0.05) is 25.0 Å². The Morgan fingerprint density at radius 3 is 2.13 bits per heavy atom. The van der Waals surface area contributed by atoms with Crippen LogP contribution >= 0.6 is 0 Å². The number of hydrogen-bond acceptors (Lipinski definition) is 5. The molecule has 0 saturated heterocycles. The van der Waals surface area contributed by atoms with Crippen molar-refractivity contribution in [1.82, 2.24) is 10.2 Å². The van der Waals surface area contributed by atoms with E-state index in [9.17, 15) is 18.0 Å². The number of ether oxygens (including phenoxy) is 1. The Morgan fingerprint density at radius 2 is 1.61 bits per heavy atom. The molecule has 0 spiro atoms. The molecule has 9 heteroatoms. The summed E-state index contributed by atoms with van der Waals surface area (Å²) in [6.45, 7) is 10.6. The van der Waals surface area contributed by atoms with Crippen molar-refractivity contribution < 1.29 is 22.7 Å². The molecule has 0 aliphatic rings. The fourth-order valence-electron chi connectivity index (χ4n) is 4.23. The van der Waals surface area contributed by atoms with Crippen LogP contribution in [-0.4, -0.2) is 62.7 Å². The van der Waals surface area contributed by atoms with Crippen molar-refractivity contribution >= 4 is 27.5 Å². The highest BCUT2D eigenvalue weighted by molar-refractivity contribution is 7.92. The van der Waals surface area contributed by atoms with Gasteiger partial charge in [-0.1, -0.05) is 37.3 Å². The van der Waals surface area contributed by atoms with E-state index in [0.717, 1.165) is 11.8 Å². The third-order valence-electron chi connectivity index (χ3n) is 5.96. The molecular weight excluding hydrogens is 502 g/mol. The van der Waals surface area contributed by atoms with Gasteiger partial charge in [0.2, 0.25) is 21.8 Å². The van der Waals surface area contributed by atoms with E-state index in [2.05, 4.69) is 5.32 Å². The average molecular weight is 546 g/mol. The number of nitrogens with zero attached hydrogens (tertiary/aromatic N) is 2. The smallest absolute Gasteiger partial charge is 0.243 e. The maximum absolute atomic E-state index is 13.5. The minimum absolute atomic E-state index is 0.122. The molecular formula is C29H43N3O5S. The van der Waals surface area contributed by atoms with Gasteiger partial charge in [-0.3, -0.25) is 13.9 Å². The Bertz CT molecular complexity index is 1130. The molecule has 0 bridgehead atoms. The lowest BCUT2D eigenvalue weighted by Crippen LogP contribution is -2.54. The predicted molar refractivity (Wildman–Crippen MR) is 153 cm³/mol. The monoisotopic (exact) mass is 545 g/mol. The number of sulfonamides is 1. The second-order valence-electron chi connectivity index (χ2n) is 10.4. The quantitative estimate of drug-likeness (QED) is 0.380. The van der Waals surface area contributed by atoms with Gasteiger partial charge in [-0.2, -0.15) is 0 Å².